The Balaban J connectivity index is 1.78. The number of rotatable bonds is 5. The highest BCUT2D eigenvalue weighted by atomic mass is 35.5. The maximum Gasteiger partial charge on any atom is 0.283 e. The lowest BCUT2D eigenvalue weighted by Gasteiger charge is -2.16. The fourth-order valence-corrected chi connectivity index (χ4v) is 4.87. The number of anilines is 2. The van der Waals surface area contributed by atoms with Crippen LogP contribution in [0.15, 0.2) is 76.2 Å². The highest BCUT2D eigenvalue weighted by Gasteiger charge is 2.40. The number of nitrogens with zero attached hydrogens (tertiary/aromatic N) is 1. The number of halogens is 2. The van der Waals surface area contributed by atoms with Crippen LogP contribution >= 0.6 is 35.0 Å². The number of hydrogen-bond acceptors (Lipinski definition) is 4. The van der Waals surface area contributed by atoms with Crippen LogP contribution in [0.1, 0.15) is 16.7 Å². The molecule has 0 aliphatic carbocycles. The van der Waals surface area contributed by atoms with Crippen molar-refractivity contribution in [3.63, 3.8) is 0 Å². The molecule has 4 nitrogen and oxygen atoms in total. The van der Waals surface area contributed by atoms with Crippen LogP contribution < -0.4 is 10.2 Å². The number of hydrogen-bond donors (Lipinski definition) is 1. The molecule has 32 heavy (non-hydrogen) atoms. The standard InChI is InChI=1S/C25H20Cl2N2O2S/c1-14-4-7-20(8-5-14)32-23-22(28-21-9-6-15(2)10-16(21)3)24(30)29(25(23)31)19-12-17(26)11-18(27)13-19/h4-13,28H,1-3H3. The molecule has 0 saturated carbocycles. The van der Waals surface area contributed by atoms with Crippen molar-refractivity contribution in [2.45, 2.75) is 25.7 Å². The first kappa shape index (κ1) is 22.5. The zero-order valence-electron chi connectivity index (χ0n) is 17.7. The fourth-order valence-electron chi connectivity index (χ4n) is 3.43. The van der Waals surface area contributed by atoms with Gasteiger partial charge in [0.25, 0.3) is 11.8 Å². The van der Waals surface area contributed by atoms with Crippen LogP contribution in [-0.2, 0) is 9.59 Å². The van der Waals surface area contributed by atoms with Crippen molar-refractivity contribution in [3.05, 3.63) is 98.0 Å². The normalized spacial score (nSPS) is 13.8. The minimum Gasteiger partial charge on any atom is -0.350 e. The number of nitrogens with one attached hydrogen (secondary N) is 1. The van der Waals surface area contributed by atoms with Crippen LogP contribution in [0.4, 0.5) is 11.4 Å². The minimum atomic E-state index is -0.456. The number of carbonyl (C=O) groups excluding carboxylic acids is 2. The molecule has 7 heteroatoms. The monoisotopic (exact) mass is 482 g/mol. The molecule has 1 N–H and O–H groups in total. The van der Waals surface area contributed by atoms with Crippen molar-refractivity contribution in [1.82, 2.24) is 0 Å². The van der Waals surface area contributed by atoms with Crippen LogP contribution in [0.25, 0.3) is 0 Å². The topological polar surface area (TPSA) is 49.4 Å². The molecule has 1 heterocycles. The van der Waals surface area contributed by atoms with Crippen molar-refractivity contribution in [2.24, 2.45) is 0 Å². The first-order valence-corrected chi connectivity index (χ1v) is 11.5. The number of aryl methyl sites for hydroxylation is 3. The van der Waals surface area contributed by atoms with Gasteiger partial charge in [-0.05, 0) is 62.7 Å². The highest BCUT2D eigenvalue weighted by Crippen LogP contribution is 2.39. The maximum atomic E-state index is 13.5. The Labute approximate surface area is 201 Å². The summed E-state index contributed by atoms with van der Waals surface area (Å²) in [6.07, 6.45) is 0. The summed E-state index contributed by atoms with van der Waals surface area (Å²) in [7, 11) is 0. The van der Waals surface area contributed by atoms with Crippen LogP contribution in [0, 0.1) is 20.8 Å². The molecular formula is C25H20Cl2N2O2S. The van der Waals surface area contributed by atoms with E-state index in [4.69, 9.17) is 23.2 Å². The molecule has 162 valence electrons. The SMILES string of the molecule is Cc1ccc(SC2=C(Nc3ccc(C)cc3C)C(=O)N(c3cc(Cl)cc(Cl)c3)C2=O)cc1. The first-order chi connectivity index (χ1) is 15.2. The summed E-state index contributed by atoms with van der Waals surface area (Å²) in [6.45, 7) is 5.96. The van der Waals surface area contributed by atoms with E-state index in [0.717, 1.165) is 32.2 Å². The van der Waals surface area contributed by atoms with Crippen LogP contribution in [-0.4, -0.2) is 11.8 Å². The molecule has 0 saturated heterocycles. The molecule has 0 atom stereocenters. The van der Waals surface area contributed by atoms with Crippen LogP contribution in [0.2, 0.25) is 10.0 Å². The molecule has 0 unspecified atom stereocenters. The third kappa shape index (κ3) is 4.56. The second-order valence-electron chi connectivity index (χ2n) is 7.64. The summed E-state index contributed by atoms with van der Waals surface area (Å²) in [5.41, 5.74) is 4.52. The molecule has 0 radical (unpaired) electrons. The van der Waals surface area contributed by atoms with E-state index in [1.54, 1.807) is 18.2 Å². The van der Waals surface area contributed by atoms with Gasteiger partial charge in [0.1, 0.15) is 10.6 Å². The van der Waals surface area contributed by atoms with E-state index >= 15 is 0 Å². The molecular weight excluding hydrogens is 463 g/mol. The number of carbonyl (C=O) groups is 2. The van der Waals surface area contributed by atoms with Crippen LogP contribution in [0.5, 0.6) is 0 Å². The van der Waals surface area contributed by atoms with Crippen molar-refractivity contribution in [2.75, 3.05) is 10.2 Å². The third-order valence-corrected chi connectivity index (χ3v) is 6.56. The summed E-state index contributed by atoms with van der Waals surface area (Å²) in [5.74, 6) is -0.880. The molecule has 0 fully saturated rings. The van der Waals surface area contributed by atoms with Crippen LogP contribution in [0.3, 0.4) is 0 Å². The average molecular weight is 483 g/mol. The highest BCUT2D eigenvalue weighted by molar-refractivity contribution is 8.04. The third-order valence-electron chi connectivity index (χ3n) is 5.03. The van der Waals surface area contributed by atoms with E-state index in [0.29, 0.717) is 20.6 Å². The smallest absolute Gasteiger partial charge is 0.283 e. The summed E-state index contributed by atoms with van der Waals surface area (Å²) in [5, 5.41) is 3.90. The Bertz CT molecular complexity index is 1250. The second-order valence-corrected chi connectivity index (χ2v) is 9.59. The maximum absolute atomic E-state index is 13.5. The van der Waals surface area contributed by atoms with Gasteiger partial charge in [-0.2, -0.15) is 0 Å². The molecule has 1 aliphatic rings. The van der Waals surface area contributed by atoms with Gasteiger partial charge in [0.05, 0.1) is 5.69 Å². The molecule has 0 spiro atoms. The summed E-state index contributed by atoms with van der Waals surface area (Å²) >= 11 is 13.5. The molecule has 2 amide bonds. The Hall–Kier alpha value is -2.73. The molecule has 1 aliphatic heterocycles. The summed E-state index contributed by atoms with van der Waals surface area (Å²) in [6, 6.07) is 18.3. The lowest BCUT2D eigenvalue weighted by atomic mass is 10.1. The molecule has 3 aromatic carbocycles. The number of benzene rings is 3. The van der Waals surface area contributed by atoms with Gasteiger partial charge in [-0.3, -0.25) is 9.59 Å². The lowest BCUT2D eigenvalue weighted by Crippen LogP contribution is -2.32. The van der Waals surface area contributed by atoms with Crippen molar-refractivity contribution >= 4 is 58.2 Å². The zero-order chi connectivity index (χ0) is 23.0. The van der Waals surface area contributed by atoms with E-state index in [-0.39, 0.29) is 5.70 Å². The number of thioether (sulfide) groups is 1. The van der Waals surface area contributed by atoms with E-state index in [9.17, 15) is 9.59 Å². The number of amides is 2. The van der Waals surface area contributed by atoms with Gasteiger partial charge in [-0.15, -0.1) is 0 Å². The quantitative estimate of drug-likeness (QED) is 0.401. The largest absolute Gasteiger partial charge is 0.350 e. The Morgan fingerprint density at radius 1 is 0.781 bits per heavy atom. The molecule has 4 rings (SSSR count). The van der Waals surface area contributed by atoms with Crippen molar-refractivity contribution < 1.29 is 9.59 Å². The minimum absolute atomic E-state index is 0.226. The zero-order valence-corrected chi connectivity index (χ0v) is 20.0. The van der Waals surface area contributed by atoms with E-state index in [1.807, 2.05) is 63.2 Å². The molecule has 0 bridgehead atoms. The average Bonchev–Trinajstić information content (AvgIpc) is 2.94. The van der Waals surface area contributed by atoms with Gasteiger partial charge in [0, 0.05) is 20.6 Å². The van der Waals surface area contributed by atoms with Gasteiger partial charge in [-0.25, -0.2) is 4.90 Å². The van der Waals surface area contributed by atoms with Crippen molar-refractivity contribution in [1.29, 1.82) is 0 Å². The molecule has 0 aromatic heterocycles. The fraction of sp³-hybridized carbons (Fsp3) is 0.120. The second kappa shape index (κ2) is 9.02. The van der Waals surface area contributed by atoms with Gasteiger partial charge >= 0.3 is 0 Å². The predicted molar refractivity (Wildman–Crippen MR) is 133 cm³/mol. The van der Waals surface area contributed by atoms with Gasteiger partial charge in [-0.1, -0.05) is 70.4 Å². The van der Waals surface area contributed by atoms with Gasteiger partial charge in [0.15, 0.2) is 0 Å². The predicted octanol–water partition coefficient (Wildman–Crippen LogP) is 6.91. The Kier molecular flexibility index (Phi) is 6.33. The van der Waals surface area contributed by atoms with E-state index in [2.05, 4.69) is 5.32 Å². The first-order valence-electron chi connectivity index (χ1n) is 9.91. The van der Waals surface area contributed by atoms with E-state index < -0.39 is 11.8 Å². The summed E-state index contributed by atoms with van der Waals surface area (Å²) < 4.78 is 0. The van der Waals surface area contributed by atoms with Crippen molar-refractivity contribution in [3.8, 4) is 0 Å². The van der Waals surface area contributed by atoms with E-state index in [1.165, 1.54) is 11.8 Å². The number of imide groups is 1. The lowest BCUT2D eigenvalue weighted by molar-refractivity contribution is -0.120. The summed E-state index contributed by atoms with van der Waals surface area (Å²) in [4.78, 5) is 29.2. The van der Waals surface area contributed by atoms with Gasteiger partial charge in [0.2, 0.25) is 0 Å². The Morgan fingerprint density at radius 3 is 2.03 bits per heavy atom. The Morgan fingerprint density at radius 2 is 1.41 bits per heavy atom. The molecule has 3 aromatic rings. The van der Waals surface area contributed by atoms with Gasteiger partial charge < -0.3 is 5.32 Å².